The van der Waals surface area contributed by atoms with E-state index in [-0.39, 0.29) is 6.03 Å². The second-order valence-corrected chi connectivity index (χ2v) is 8.15. The van der Waals surface area contributed by atoms with Crippen LogP contribution in [0.1, 0.15) is 11.1 Å². The maximum absolute atomic E-state index is 12.9. The Morgan fingerprint density at radius 1 is 1.06 bits per heavy atom. The van der Waals surface area contributed by atoms with E-state index in [4.69, 9.17) is 16.3 Å². The van der Waals surface area contributed by atoms with Gasteiger partial charge in [-0.25, -0.2) is 4.79 Å². The second kappa shape index (κ2) is 8.00. The Hall–Kier alpha value is -3.44. The standard InChI is InChI=1S/C25H22ClN3O2/c1-31-21-4-2-3-16(12-21)17-5-6-19-15-29(10-9-18(19)11-17)25(30)28-24-14-27-23-8-7-20(26)13-22(23)24/h2-8,11-14,27H,9-10,15H2,1H3,(H,28,30). The number of hydrogen-bond acceptors (Lipinski definition) is 2. The summed E-state index contributed by atoms with van der Waals surface area (Å²) in [6.07, 6.45) is 2.62. The van der Waals surface area contributed by atoms with E-state index in [0.717, 1.165) is 39.9 Å². The maximum Gasteiger partial charge on any atom is 0.322 e. The minimum Gasteiger partial charge on any atom is -0.497 e. The number of benzene rings is 3. The van der Waals surface area contributed by atoms with E-state index < -0.39 is 0 Å². The molecule has 1 aliphatic heterocycles. The minimum absolute atomic E-state index is 0.108. The number of fused-ring (bicyclic) bond motifs is 2. The summed E-state index contributed by atoms with van der Waals surface area (Å²) >= 11 is 6.12. The summed E-state index contributed by atoms with van der Waals surface area (Å²) in [6.45, 7) is 1.26. The minimum atomic E-state index is -0.108. The lowest BCUT2D eigenvalue weighted by Crippen LogP contribution is -2.38. The van der Waals surface area contributed by atoms with Crippen molar-refractivity contribution in [1.82, 2.24) is 9.88 Å². The van der Waals surface area contributed by atoms with Crippen LogP contribution in [-0.2, 0) is 13.0 Å². The summed E-state index contributed by atoms with van der Waals surface area (Å²) in [5.41, 5.74) is 6.42. The van der Waals surface area contributed by atoms with Crippen molar-refractivity contribution in [1.29, 1.82) is 0 Å². The van der Waals surface area contributed by atoms with Crippen molar-refractivity contribution in [2.75, 3.05) is 19.0 Å². The number of urea groups is 1. The fourth-order valence-corrected chi connectivity index (χ4v) is 4.27. The molecular formula is C25H22ClN3O2. The molecule has 0 fully saturated rings. The lowest BCUT2D eigenvalue weighted by Gasteiger charge is -2.29. The molecule has 0 unspecified atom stereocenters. The number of H-pyrrole nitrogens is 1. The highest BCUT2D eigenvalue weighted by molar-refractivity contribution is 6.31. The van der Waals surface area contributed by atoms with Gasteiger partial charge < -0.3 is 19.9 Å². The first-order chi connectivity index (χ1) is 15.1. The highest BCUT2D eigenvalue weighted by Crippen LogP contribution is 2.30. The highest BCUT2D eigenvalue weighted by Gasteiger charge is 2.22. The third-order valence-corrected chi connectivity index (χ3v) is 6.03. The predicted octanol–water partition coefficient (Wildman–Crippen LogP) is 6.09. The van der Waals surface area contributed by atoms with Crippen LogP contribution in [0, 0.1) is 0 Å². The zero-order chi connectivity index (χ0) is 21.4. The van der Waals surface area contributed by atoms with E-state index in [2.05, 4.69) is 34.6 Å². The monoisotopic (exact) mass is 431 g/mol. The van der Waals surface area contributed by atoms with Gasteiger partial charge >= 0.3 is 6.03 Å². The zero-order valence-electron chi connectivity index (χ0n) is 17.1. The average molecular weight is 432 g/mol. The number of carbonyl (C=O) groups is 1. The number of hydrogen-bond donors (Lipinski definition) is 2. The topological polar surface area (TPSA) is 57.4 Å². The van der Waals surface area contributed by atoms with Gasteiger partial charge in [0, 0.05) is 35.2 Å². The zero-order valence-corrected chi connectivity index (χ0v) is 17.9. The van der Waals surface area contributed by atoms with Crippen LogP contribution in [0.2, 0.25) is 5.02 Å². The Morgan fingerprint density at radius 2 is 1.94 bits per heavy atom. The van der Waals surface area contributed by atoms with Crippen molar-refractivity contribution >= 4 is 34.2 Å². The van der Waals surface area contributed by atoms with Gasteiger partial charge in [-0.15, -0.1) is 0 Å². The molecule has 4 aromatic rings. The van der Waals surface area contributed by atoms with Crippen LogP contribution in [0.3, 0.4) is 0 Å². The fraction of sp³-hybridized carbons (Fsp3) is 0.160. The van der Waals surface area contributed by atoms with Gasteiger partial charge in [-0.3, -0.25) is 0 Å². The number of carbonyl (C=O) groups excluding carboxylic acids is 1. The van der Waals surface area contributed by atoms with Gasteiger partial charge in [0.25, 0.3) is 0 Å². The number of methoxy groups -OCH3 is 1. The summed E-state index contributed by atoms with van der Waals surface area (Å²) in [5, 5.41) is 4.57. The molecule has 0 saturated heterocycles. The molecule has 6 heteroatoms. The molecule has 0 radical (unpaired) electrons. The normalized spacial score (nSPS) is 13.2. The van der Waals surface area contributed by atoms with Crippen molar-refractivity contribution in [3.63, 3.8) is 0 Å². The molecule has 1 aromatic heterocycles. The van der Waals surface area contributed by atoms with E-state index >= 15 is 0 Å². The van der Waals surface area contributed by atoms with Gasteiger partial charge in [-0.05, 0) is 59.0 Å². The molecular weight excluding hydrogens is 410 g/mol. The lowest BCUT2D eigenvalue weighted by atomic mass is 9.94. The van der Waals surface area contributed by atoms with E-state index in [1.807, 2.05) is 41.3 Å². The first-order valence-corrected chi connectivity index (χ1v) is 10.6. The largest absolute Gasteiger partial charge is 0.497 e. The van der Waals surface area contributed by atoms with Crippen molar-refractivity contribution in [3.8, 4) is 16.9 Å². The molecule has 31 heavy (non-hydrogen) atoms. The van der Waals surface area contributed by atoms with Gasteiger partial charge in [0.05, 0.1) is 12.8 Å². The van der Waals surface area contributed by atoms with Crippen molar-refractivity contribution in [2.45, 2.75) is 13.0 Å². The first-order valence-electron chi connectivity index (χ1n) is 10.2. The number of nitrogens with one attached hydrogen (secondary N) is 2. The van der Waals surface area contributed by atoms with Gasteiger partial charge in [-0.2, -0.15) is 0 Å². The lowest BCUT2D eigenvalue weighted by molar-refractivity contribution is 0.206. The SMILES string of the molecule is COc1cccc(-c2ccc3c(c2)CCN(C(=O)Nc2c[nH]c4ccc(Cl)cc24)C3)c1. The van der Waals surface area contributed by atoms with Gasteiger partial charge in [0.15, 0.2) is 0 Å². The van der Waals surface area contributed by atoms with Crippen molar-refractivity contribution < 1.29 is 9.53 Å². The average Bonchev–Trinajstić information content (AvgIpc) is 3.20. The molecule has 5 nitrogen and oxygen atoms in total. The number of aromatic amines is 1. The highest BCUT2D eigenvalue weighted by atomic mass is 35.5. The second-order valence-electron chi connectivity index (χ2n) is 7.71. The van der Waals surface area contributed by atoms with E-state index in [9.17, 15) is 4.79 Å². The molecule has 3 aromatic carbocycles. The number of nitrogens with zero attached hydrogens (tertiary/aromatic N) is 1. The Labute approximate surface area is 185 Å². The number of ether oxygens (including phenoxy) is 1. The fourth-order valence-electron chi connectivity index (χ4n) is 4.10. The molecule has 0 saturated carbocycles. The van der Waals surface area contributed by atoms with Crippen LogP contribution in [-0.4, -0.2) is 29.6 Å². The summed E-state index contributed by atoms with van der Waals surface area (Å²) in [6, 6.07) is 20.0. The predicted molar refractivity (Wildman–Crippen MR) is 125 cm³/mol. The van der Waals surface area contributed by atoms with E-state index in [0.29, 0.717) is 18.1 Å². The van der Waals surface area contributed by atoms with Crippen LogP contribution < -0.4 is 10.1 Å². The maximum atomic E-state index is 12.9. The molecule has 0 bridgehead atoms. The third-order valence-electron chi connectivity index (χ3n) is 5.79. The Balaban J connectivity index is 1.33. The molecule has 2 N–H and O–H groups in total. The van der Waals surface area contributed by atoms with Gasteiger partial charge in [-0.1, -0.05) is 41.9 Å². The quantitative estimate of drug-likeness (QED) is 0.412. The summed E-state index contributed by atoms with van der Waals surface area (Å²) in [5.74, 6) is 0.844. The Morgan fingerprint density at radius 3 is 2.81 bits per heavy atom. The van der Waals surface area contributed by atoms with E-state index in [1.165, 1.54) is 11.1 Å². The third kappa shape index (κ3) is 3.84. The number of rotatable bonds is 3. The molecule has 156 valence electrons. The van der Waals surface area contributed by atoms with Gasteiger partial charge in [0.1, 0.15) is 5.75 Å². The molecule has 1 aliphatic rings. The van der Waals surface area contributed by atoms with Crippen LogP contribution in [0.4, 0.5) is 10.5 Å². The number of aromatic nitrogens is 1. The number of anilines is 1. The number of amides is 2. The Bertz CT molecular complexity index is 1280. The Kier molecular flexibility index (Phi) is 5.04. The molecule has 0 atom stereocenters. The van der Waals surface area contributed by atoms with Crippen molar-refractivity contribution in [3.05, 3.63) is 83.0 Å². The van der Waals surface area contributed by atoms with Crippen LogP contribution >= 0.6 is 11.6 Å². The molecule has 5 rings (SSSR count). The summed E-state index contributed by atoms with van der Waals surface area (Å²) < 4.78 is 5.34. The summed E-state index contributed by atoms with van der Waals surface area (Å²) in [4.78, 5) is 17.9. The number of halogens is 1. The molecule has 0 aliphatic carbocycles. The van der Waals surface area contributed by atoms with Crippen molar-refractivity contribution in [2.24, 2.45) is 0 Å². The van der Waals surface area contributed by atoms with E-state index in [1.54, 1.807) is 13.3 Å². The van der Waals surface area contributed by atoms with Gasteiger partial charge in [0.2, 0.25) is 0 Å². The molecule has 2 amide bonds. The smallest absolute Gasteiger partial charge is 0.322 e. The molecule has 0 spiro atoms. The molecule has 2 heterocycles. The van der Waals surface area contributed by atoms with Crippen LogP contribution in [0.25, 0.3) is 22.0 Å². The summed E-state index contributed by atoms with van der Waals surface area (Å²) in [7, 11) is 1.68. The van der Waals surface area contributed by atoms with Crippen LogP contribution in [0.15, 0.2) is 66.9 Å². The van der Waals surface area contributed by atoms with Crippen LogP contribution in [0.5, 0.6) is 5.75 Å². The first kappa shape index (κ1) is 19.5.